The Balaban J connectivity index is 2.50. The van der Waals surface area contributed by atoms with Gasteiger partial charge < -0.3 is 10.6 Å². The largest absolute Gasteiger partial charge is 0.401 e. The van der Waals surface area contributed by atoms with Gasteiger partial charge in [-0.15, -0.1) is 0 Å². The first kappa shape index (κ1) is 14.4. The summed E-state index contributed by atoms with van der Waals surface area (Å²) in [6, 6.07) is 4.22. The van der Waals surface area contributed by atoms with Crippen molar-refractivity contribution in [2.45, 2.75) is 13.1 Å². The summed E-state index contributed by atoms with van der Waals surface area (Å²) < 4.78 is 48.7. The first-order chi connectivity index (χ1) is 8.29. The molecule has 0 atom stereocenters. The molecule has 0 bridgehead atoms. The smallest absolute Gasteiger partial charge is 0.322 e. The van der Waals surface area contributed by atoms with Crippen LogP contribution in [0.5, 0.6) is 0 Å². The van der Waals surface area contributed by atoms with E-state index in [1.54, 1.807) is 13.0 Å². The van der Waals surface area contributed by atoms with Gasteiger partial charge in [0, 0.05) is 0 Å². The predicted molar refractivity (Wildman–Crippen MR) is 58.7 cm³/mol. The van der Waals surface area contributed by atoms with E-state index in [9.17, 15) is 22.4 Å². The number of carbonyl (C=O) groups excluding carboxylic acids is 1. The summed E-state index contributed by atoms with van der Waals surface area (Å²) in [5, 5.41) is 4.15. The minimum absolute atomic E-state index is 0.0173. The van der Waals surface area contributed by atoms with Crippen LogP contribution >= 0.6 is 0 Å². The minimum atomic E-state index is -4.38. The zero-order chi connectivity index (χ0) is 13.8. The van der Waals surface area contributed by atoms with E-state index in [-0.39, 0.29) is 5.69 Å². The lowest BCUT2D eigenvalue weighted by atomic mass is 10.2. The molecule has 0 unspecified atom stereocenters. The van der Waals surface area contributed by atoms with Gasteiger partial charge in [-0.05, 0) is 18.6 Å². The van der Waals surface area contributed by atoms with Crippen LogP contribution in [0.4, 0.5) is 23.2 Å². The summed E-state index contributed by atoms with van der Waals surface area (Å²) in [5.74, 6) is -1.35. The third kappa shape index (κ3) is 4.70. The molecule has 18 heavy (non-hydrogen) atoms. The van der Waals surface area contributed by atoms with Crippen molar-refractivity contribution in [2.75, 3.05) is 18.4 Å². The molecule has 0 aromatic heterocycles. The topological polar surface area (TPSA) is 41.1 Å². The fraction of sp³-hybridized carbons (Fsp3) is 0.364. The average molecular weight is 264 g/mol. The van der Waals surface area contributed by atoms with Crippen molar-refractivity contribution in [3.63, 3.8) is 0 Å². The Kier molecular flexibility index (Phi) is 4.66. The van der Waals surface area contributed by atoms with E-state index in [4.69, 9.17) is 0 Å². The van der Waals surface area contributed by atoms with Gasteiger partial charge in [-0.25, -0.2) is 4.39 Å². The number of hydrogen-bond acceptors (Lipinski definition) is 2. The lowest BCUT2D eigenvalue weighted by Gasteiger charge is -2.11. The van der Waals surface area contributed by atoms with Gasteiger partial charge in [-0.3, -0.25) is 4.79 Å². The first-order valence-corrected chi connectivity index (χ1v) is 5.12. The van der Waals surface area contributed by atoms with Crippen molar-refractivity contribution in [3.8, 4) is 0 Å². The highest BCUT2D eigenvalue weighted by Crippen LogP contribution is 2.18. The molecular formula is C11H12F4N2O. The number of aryl methyl sites for hydroxylation is 1. The number of rotatable bonds is 4. The van der Waals surface area contributed by atoms with Crippen LogP contribution in [0.1, 0.15) is 5.56 Å². The van der Waals surface area contributed by atoms with Gasteiger partial charge in [-0.2, -0.15) is 13.2 Å². The number of nitrogens with one attached hydrogen (secondary N) is 2. The van der Waals surface area contributed by atoms with Crippen LogP contribution < -0.4 is 10.6 Å². The number of benzene rings is 1. The molecule has 0 saturated heterocycles. The van der Waals surface area contributed by atoms with E-state index in [1.165, 1.54) is 6.07 Å². The van der Waals surface area contributed by atoms with Gasteiger partial charge in [0.2, 0.25) is 5.91 Å². The molecule has 100 valence electrons. The Hall–Kier alpha value is -1.63. The highest BCUT2D eigenvalue weighted by molar-refractivity contribution is 5.93. The highest BCUT2D eigenvalue weighted by Gasteiger charge is 2.26. The Bertz CT molecular complexity index is 411. The molecular weight excluding hydrogens is 252 g/mol. The number of para-hydroxylation sites is 1. The maximum absolute atomic E-state index is 13.3. The summed E-state index contributed by atoms with van der Waals surface area (Å²) in [6.45, 7) is -0.216. The van der Waals surface area contributed by atoms with Crippen molar-refractivity contribution in [2.24, 2.45) is 0 Å². The summed E-state index contributed by atoms with van der Waals surface area (Å²) in [5.41, 5.74) is 0.482. The van der Waals surface area contributed by atoms with Crippen molar-refractivity contribution in [1.29, 1.82) is 0 Å². The SMILES string of the molecule is Cc1cccc(F)c1NC(=O)CNCC(F)(F)F. The molecule has 0 aliphatic rings. The van der Waals surface area contributed by atoms with Gasteiger partial charge in [-0.1, -0.05) is 12.1 Å². The molecule has 0 fully saturated rings. The number of anilines is 1. The van der Waals surface area contributed by atoms with Gasteiger partial charge >= 0.3 is 6.18 Å². The summed E-state index contributed by atoms with van der Waals surface area (Å²) in [6.07, 6.45) is -4.38. The lowest BCUT2D eigenvalue weighted by Crippen LogP contribution is -2.35. The molecule has 0 aliphatic carbocycles. The van der Waals surface area contributed by atoms with Crippen molar-refractivity contribution >= 4 is 11.6 Å². The van der Waals surface area contributed by atoms with Gasteiger partial charge in [0.1, 0.15) is 5.82 Å². The van der Waals surface area contributed by atoms with E-state index in [2.05, 4.69) is 5.32 Å². The molecule has 0 radical (unpaired) electrons. The van der Waals surface area contributed by atoms with Crippen LogP contribution in [0.15, 0.2) is 18.2 Å². The molecule has 2 N–H and O–H groups in total. The Labute approximate surface area is 101 Å². The molecule has 0 aliphatic heterocycles. The second-order valence-corrected chi connectivity index (χ2v) is 3.70. The van der Waals surface area contributed by atoms with Crippen LogP contribution in [0.2, 0.25) is 0 Å². The average Bonchev–Trinajstić information content (AvgIpc) is 2.22. The van der Waals surface area contributed by atoms with E-state index < -0.39 is 31.0 Å². The summed E-state index contributed by atoms with van der Waals surface area (Å²) >= 11 is 0. The van der Waals surface area contributed by atoms with Crippen LogP contribution in [0.3, 0.4) is 0 Å². The van der Waals surface area contributed by atoms with Crippen molar-refractivity contribution in [1.82, 2.24) is 5.32 Å². The molecule has 1 aromatic rings. The maximum Gasteiger partial charge on any atom is 0.401 e. The normalized spacial score (nSPS) is 11.4. The molecule has 1 amide bonds. The fourth-order valence-electron chi connectivity index (χ4n) is 1.29. The fourth-order valence-corrected chi connectivity index (χ4v) is 1.29. The molecule has 0 spiro atoms. The Morgan fingerprint density at radius 2 is 2.00 bits per heavy atom. The summed E-state index contributed by atoms with van der Waals surface area (Å²) in [7, 11) is 0. The third-order valence-electron chi connectivity index (χ3n) is 2.10. The van der Waals surface area contributed by atoms with E-state index in [0.29, 0.717) is 5.56 Å². The van der Waals surface area contributed by atoms with Crippen molar-refractivity contribution < 1.29 is 22.4 Å². The zero-order valence-electron chi connectivity index (χ0n) is 9.57. The van der Waals surface area contributed by atoms with E-state index in [0.717, 1.165) is 6.07 Å². The Morgan fingerprint density at radius 1 is 1.33 bits per heavy atom. The van der Waals surface area contributed by atoms with Gasteiger partial charge in [0.15, 0.2) is 0 Å². The number of amides is 1. The quantitative estimate of drug-likeness (QED) is 0.819. The molecule has 7 heteroatoms. The molecule has 0 saturated carbocycles. The van der Waals surface area contributed by atoms with Gasteiger partial charge in [0.25, 0.3) is 0 Å². The first-order valence-electron chi connectivity index (χ1n) is 5.12. The van der Waals surface area contributed by atoms with E-state index in [1.807, 2.05) is 5.32 Å². The van der Waals surface area contributed by atoms with Crippen LogP contribution in [-0.2, 0) is 4.79 Å². The lowest BCUT2D eigenvalue weighted by molar-refractivity contribution is -0.127. The minimum Gasteiger partial charge on any atom is -0.322 e. The van der Waals surface area contributed by atoms with Crippen LogP contribution in [0.25, 0.3) is 0 Å². The monoisotopic (exact) mass is 264 g/mol. The second kappa shape index (κ2) is 5.81. The predicted octanol–water partition coefficient (Wildman–Crippen LogP) is 2.22. The molecule has 1 aromatic carbocycles. The Morgan fingerprint density at radius 3 is 2.56 bits per heavy atom. The summed E-state index contributed by atoms with van der Waals surface area (Å²) in [4.78, 5) is 11.3. The highest BCUT2D eigenvalue weighted by atomic mass is 19.4. The maximum atomic E-state index is 13.3. The number of carbonyl (C=O) groups is 1. The van der Waals surface area contributed by atoms with Crippen LogP contribution in [-0.4, -0.2) is 25.2 Å². The van der Waals surface area contributed by atoms with Gasteiger partial charge in [0.05, 0.1) is 18.8 Å². The third-order valence-corrected chi connectivity index (χ3v) is 2.10. The molecule has 3 nitrogen and oxygen atoms in total. The zero-order valence-corrected chi connectivity index (χ0v) is 9.57. The molecule has 1 rings (SSSR count). The second-order valence-electron chi connectivity index (χ2n) is 3.70. The number of hydrogen-bond donors (Lipinski definition) is 2. The van der Waals surface area contributed by atoms with Crippen LogP contribution in [0, 0.1) is 12.7 Å². The van der Waals surface area contributed by atoms with Crippen molar-refractivity contribution in [3.05, 3.63) is 29.6 Å². The molecule has 0 heterocycles. The van der Waals surface area contributed by atoms with E-state index >= 15 is 0 Å². The number of alkyl halides is 3. The number of halogens is 4. The standard InChI is InChI=1S/C11H12F4N2O/c1-7-3-2-4-8(12)10(7)17-9(18)5-16-6-11(13,14)15/h2-4,16H,5-6H2,1H3,(H,17,18).